The Morgan fingerprint density at radius 2 is 2.31 bits per heavy atom. The molecule has 1 aliphatic rings. The third kappa shape index (κ3) is 3.97. The summed E-state index contributed by atoms with van der Waals surface area (Å²) in [4.78, 5) is 0. The Hall–Kier alpha value is -0.260. The van der Waals surface area contributed by atoms with Gasteiger partial charge in [-0.15, -0.1) is 0 Å². The van der Waals surface area contributed by atoms with Crippen LogP contribution in [0.4, 0.5) is 8.78 Å². The van der Waals surface area contributed by atoms with Crippen LogP contribution in [-0.4, -0.2) is 43.4 Å². The molecule has 0 radical (unpaired) electrons. The fourth-order valence-electron chi connectivity index (χ4n) is 1.28. The largest absolute Gasteiger partial charge is 0.386 e. The van der Waals surface area contributed by atoms with E-state index in [9.17, 15) is 8.78 Å². The van der Waals surface area contributed by atoms with Crippen molar-refractivity contribution in [3.8, 4) is 0 Å². The van der Waals surface area contributed by atoms with Gasteiger partial charge in [0, 0.05) is 19.2 Å². The van der Waals surface area contributed by atoms with Crippen LogP contribution in [0.25, 0.3) is 0 Å². The summed E-state index contributed by atoms with van der Waals surface area (Å²) >= 11 is 0. The van der Waals surface area contributed by atoms with Crippen LogP contribution < -0.4 is 5.32 Å². The molecule has 2 unspecified atom stereocenters. The zero-order valence-electron chi connectivity index (χ0n) is 7.38. The molecule has 0 aromatic heterocycles. The molecule has 0 amide bonds. The first kappa shape index (κ1) is 10.8. The van der Waals surface area contributed by atoms with Crippen LogP contribution in [0.3, 0.4) is 0 Å². The Morgan fingerprint density at radius 1 is 1.54 bits per heavy atom. The van der Waals surface area contributed by atoms with E-state index in [1.54, 1.807) is 0 Å². The molecule has 3 nitrogen and oxygen atoms in total. The number of aliphatic hydroxyl groups excluding tert-OH is 1. The van der Waals surface area contributed by atoms with Gasteiger partial charge in [0.1, 0.15) is 6.10 Å². The summed E-state index contributed by atoms with van der Waals surface area (Å²) in [7, 11) is 0. The van der Waals surface area contributed by atoms with Crippen molar-refractivity contribution in [3.63, 3.8) is 0 Å². The van der Waals surface area contributed by atoms with E-state index in [0.717, 1.165) is 19.4 Å². The van der Waals surface area contributed by atoms with E-state index in [1.165, 1.54) is 0 Å². The zero-order valence-corrected chi connectivity index (χ0v) is 7.38. The highest BCUT2D eigenvalue weighted by molar-refractivity contribution is 4.72. The van der Waals surface area contributed by atoms with Crippen molar-refractivity contribution < 1.29 is 18.6 Å². The third-order valence-corrected chi connectivity index (χ3v) is 2.07. The molecular weight excluding hydrogens is 180 g/mol. The molecule has 0 aromatic rings. The van der Waals surface area contributed by atoms with E-state index in [1.807, 2.05) is 0 Å². The summed E-state index contributed by atoms with van der Waals surface area (Å²) in [6.07, 6.45) is -2.36. The molecule has 78 valence electrons. The monoisotopic (exact) mass is 195 g/mol. The first-order valence-corrected chi connectivity index (χ1v) is 4.47. The highest BCUT2D eigenvalue weighted by atomic mass is 19.3. The number of nitrogens with one attached hydrogen (secondary N) is 1. The minimum Gasteiger partial charge on any atom is -0.386 e. The lowest BCUT2D eigenvalue weighted by Crippen LogP contribution is -2.42. The second-order valence-electron chi connectivity index (χ2n) is 3.22. The van der Waals surface area contributed by atoms with E-state index in [-0.39, 0.29) is 12.6 Å². The number of hydrogen-bond donors (Lipinski definition) is 2. The summed E-state index contributed by atoms with van der Waals surface area (Å²) in [6.45, 7) is 1.23. The maximum Gasteiger partial charge on any atom is 0.265 e. The van der Waals surface area contributed by atoms with Crippen molar-refractivity contribution in [1.29, 1.82) is 0 Å². The van der Waals surface area contributed by atoms with Crippen LogP contribution in [0.15, 0.2) is 0 Å². The lowest BCUT2D eigenvalue weighted by Gasteiger charge is -2.24. The average molecular weight is 195 g/mol. The van der Waals surface area contributed by atoms with Crippen molar-refractivity contribution in [2.24, 2.45) is 0 Å². The minimum absolute atomic E-state index is 0.0638. The van der Waals surface area contributed by atoms with Gasteiger partial charge in [-0.25, -0.2) is 8.78 Å². The van der Waals surface area contributed by atoms with Gasteiger partial charge >= 0.3 is 0 Å². The summed E-state index contributed by atoms with van der Waals surface area (Å²) in [5, 5.41) is 11.7. The first-order valence-electron chi connectivity index (χ1n) is 4.47. The average Bonchev–Trinajstić information content (AvgIpc) is 2.15. The zero-order chi connectivity index (χ0) is 9.68. The maximum absolute atomic E-state index is 11.9. The van der Waals surface area contributed by atoms with Crippen LogP contribution >= 0.6 is 0 Å². The first-order chi connectivity index (χ1) is 6.20. The second kappa shape index (κ2) is 5.47. The van der Waals surface area contributed by atoms with Gasteiger partial charge in [0.05, 0.1) is 6.61 Å². The molecule has 0 aromatic carbocycles. The molecule has 2 atom stereocenters. The molecule has 1 aliphatic heterocycles. The van der Waals surface area contributed by atoms with Crippen molar-refractivity contribution in [2.75, 3.05) is 19.8 Å². The third-order valence-electron chi connectivity index (χ3n) is 2.07. The van der Waals surface area contributed by atoms with Crippen molar-refractivity contribution in [1.82, 2.24) is 5.32 Å². The summed E-state index contributed by atoms with van der Waals surface area (Å²) in [6, 6.07) is 0.113. The molecule has 1 heterocycles. The Kier molecular flexibility index (Phi) is 4.55. The van der Waals surface area contributed by atoms with Gasteiger partial charge in [-0.3, -0.25) is 0 Å². The van der Waals surface area contributed by atoms with E-state index >= 15 is 0 Å². The second-order valence-corrected chi connectivity index (χ2v) is 3.22. The topological polar surface area (TPSA) is 41.5 Å². The van der Waals surface area contributed by atoms with Crippen molar-refractivity contribution in [3.05, 3.63) is 0 Å². The lowest BCUT2D eigenvalue weighted by molar-refractivity contribution is -0.00937. The molecule has 0 bridgehead atoms. The smallest absolute Gasteiger partial charge is 0.265 e. The van der Waals surface area contributed by atoms with E-state index in [4.69, 9.17) is 9.84 Å². The summed E-state index contributed by atoms with van der Waals surface area (Å²) in [5.74, 6) is 0. The summed E-state index contributed by atoms with van der Waals surface area (Å²) < 4.78 is 28.9. The molecule has 1 fully saturated rings. The number of halogens is 2. The molecule has 5 heteroatoms. The van der Waals surface area contributed by atoms with Crippen LogP contribution in [0.5, 0.6) is 0 Å². The fourth-order valence-corrected chi connectivity index (χ4v) is 1.28. The molecule has 0 saturated carbocycles. The van der Waals surface area contributed by atoms with Gasteiger partial charge in [-0.1, -0.05) is 0 Å². The van der Waals surface area contributed by atoms with E-state index in [2.05, 4.69) is 5.32 Å². The number of ether oxygens (including phenoxy) is 1. The number of hydrogen-bond acceptors (Lipinski definition) is 3. The van der Waals surface area contributed by atoms with Crippen LogP contribution in [0.2, 0.25) is 0 Å². The number of alkyl halides is 2. The standard InChI is InChI=1S/C8H15F2NO2/c9-8(10)7(12)4-11-6-2-1-3-13-5-6/h6-8,11-12H,1-5H2. The highest BCUT2D eigenvalue weighted by Crippen LogP contribution is 2.06. The number of aliphatic hydroxyl groups is 1. The van der Waals surface area contributed by atoms with Crippen LogP contribution in [0.1, 0.15) is 12.8 Å². The van der Waals surface area contributed by atoms with E-state index < -0.39 is 12.5 Å². The minimum atomic E-state index is -2.67. The van der Waals surface area contributed by atoms with Gasteiger partial charge in [0.15, 0.2) is 0 Å². The predicted molar refractivity (Wildman–Crippen MR) is 43.9 cm³/mol. The number of rotatable bonds is 4. The van der Waals surface area contributed by atoms with Crippen molar-refractivity contribution in [2.45, 2.75) is 31.4 Å². The molecule has 0 aliphatic carbocycles. The van der Waals surface area contributed by atoms with Crippen molar-refractivity contribution >= 4 is 0 Å². The van der Waals surface area contributed by atoms with Gasteiger partial charge < -0.3 is 15.2 Å². The van der Waals surface area contributed by atoms with E-state index in [0.29, 0.717) is 6.61 Å². The summed E-state index contributed by atoms with van der Waals surface area (Å²) in [5.41, 5.74) is 0. The normalized spacial score (nSPS) is 26.3. The quantitative estimate of drug-likeness (QED) is 0.681. The molecule has 1 rings (SSSR count). The van der Waals surface area contributed by atoms with Gasteiger partial charge in [-0.05, 0) is 12.8 Å². The fraction of sp³-hybridized carbons (Fsp3) is 1.00. The molecule has 0 spiro atoms. The molecule has 13 heavy (non-hydrogen) atoms. The van der Waals surface area contributed by atoms with Gasteiger partial charge in [-0.2, -0.15) is 0 Å². The van der Waals surface area contributed by atoms with Gasteiger partial charge in [0.2, 0.25) is 0 Å². The Balaban J connectivity index is 2.10. The maximum atomic E-state index is 11.9. The Bertz CT molecular complexity index is 140. The SMILES string of the molecule is OC(CNC1CCCOC1)C(F)F. The molecule has 2 N–H and O–H groups in total. The predicted octanol–water partition coefficient (Wildman–Crippen LogP) is 0.381. The Labute approximate surface area is 76.1 Å². The molecule has 1 saturated heterocycles. The Morgan fingerprint density at radius 3 is 2.85 bits per heavy atom. The van der Waals surface area contributed by atoms with Crippen LogP contribution in [0, 0.1) is 0 Å². The molecular formula is C8H15F2NO2. The van der Waals surface area contributed by atoms with Crippen LogP contribution in [-0.2, 0) is 4.74 Å². The lowest BCUT2D eigenvalue weighted by atomic mass is 10.1. The highest BCUT2D eigenvalue weighted by Gasteiger charge is 2.19. The van der Waals surface area contributed by atoms with Gasteiger partial charge in [0.25, 0.3) is 6.43 Å².